The largest absolute Gasteiger partial charge is 0.507 e. The van der Waals surface area contributed by atoms with E-state index in [1.54, 1.807) is 37.8 Å². The summed E-state index contributed by atoms with van der Waals surface area (Å²) in [7, 11) is 0. The van der Waals surface area contributed by atoms with E-state index in [4.69, 9.17) is 16.3 Å². The Morgan fingerprint density at radius 1 is 1.15 bits per heavy atom. The highest BCUT2D eigenvalue weighted by Gasteiger charge is 2.23. The second-order valence-electron chi connectivity index (χ2n) is 7.72. The van der Waals surface area contributed by atoms with Gasteiger partial charge in [-0.2, -0.15) is 0 Å². The SMILES string of the molecule is CCOC(=O)c1nc(CN(CCCc2ccccc2)C(=O)c2cc(C)c(O)c(C)c2)sc1Cl. The number of rotatable bonds is 9. The molecule has 1 amide bonds. The zero-order valence-electron chi connectivity index (χ0n) is 18.9. The number of amides is 1. The van der Waals surface area contributed by atoms with E-state index in [-0.39, 0.29) is 34.8 Å². The molecule has 174 valence electrons. The van der Waals surface area contributed by atoms with Gasteiger partial charge in [0.15, 0.2) is 5.69 Å². The number of benzene rings is 2. The van der Waals surface area contributed by atoms with Crippen LogP contribution in [0.25, 0.3) is 0 Å². The van der Waals surface area contributed by atoms with Gasteiger partial charge in [-0.1, -0.05) is 41.9 Å². The summed E-state index contributed by atoms with van der Waals surface area (Å²) in [4.78, 5) is 31.6. The maximum absolute atomic E-state index is 13.4. The topological polar surface area (TPSA) is 79.7 Å². The minimum absolute atomic E-state index is 0.0755. The predicted octanol–water partition coefficient (Wildman–Crippen LogP) is 5.57. The minimum Gasteiger partial charge on any atom is -0.507 e. The van der Waals surface area contributed by atoms with Crippen LogP contribution in [0.3, 0.4) is 0 Å². The molecule has 1 N–H and O–H groups in total. The lowest BCUT2D eigenvalue weighted by atomic mass is 10.0. The summed E-state index contributed by atoms with van der Waals surface area (Å²) in [6.07, 6.45) is 1.58. The van der Waals surface area contributed by atoms with Gasteiger partial charge in [0.25, 0.3) is 5.91 Å². The number of thiazole rings is 1. The van der Waals surface area contributed by atoms with Gasteiger partial charge in [0, 0.05) is 12.1 Å². The first kappa shape index (κ1) is 24.7. The van der Waals surface area contributed by atoms with Crippen molar-refractivity contribution in [3.05, 3.63) is 79.8 Å². The number of carbonyl (C=O) groups is 2. The normalized spacial score (nSPS) is 10.8. The smallest absolute Gasteiger partial charge is 0.359 e. The van der Waals surface area contributed by atoms with Gasteiger partial charge in [-0.15, -0.1) is 11.3 Å². The average Bonchev–Trinajstić information content (AvgIpc) is 3.17. The molecule has 3 aromatic rings. The van der Waals surface area contributed by atoms with Crippen molar-refractivity contribution in [1.29, 1.82) is 0 Å². The quantitative estimate of drug-likeness (QED) is 0.400. The molecule has 0 aliphatic carbocycles. The molecule has 1 aromatic heterocycles. The van der Waals surface area contributed by atoms with Crippen molar-refractivity contribution in [3.8, 4) is 5.75 Å². The van der Waals surface area contributed by atoms with E-state index in [1.165, 1.54) is 16.9 Å². The van der Waals surface area contributed by atoms with E-state index in [9.17, 15) is 14.7 Å². The van der Waals surface area contributed by atoms with Crippen LogP contribution in [0.4, 0.5) is 0 Å². The van der Waals surface area contributed by atoms with Crippen LogP contribution < -0.4 is 0 Å². The molecule has 0 aliphatic rings. The number of carbonyl (C=O) groups excluding carboxylic acids is 2. The van der Waals surface area contributed by atoms with Crippen LogP contribution >= 0.6 is 22.9 Å². The first-order valence-corrected chi connectivity index (χ1v) is 11.9. The van der Waals surface area contributed by atoms with Crippen LogP contribution in [0.1, 0.15) is 55.9 Å². The fourth-order valence-corrected chi connectivity index (χ4v) is 4.71. The summed E-state index contributed by atoms with van der Waals surface area (Å²) >= 11 is 7.39. The number of phenols is 1. The predicted molar refractivity (Wildman–Crippen MR) is 130 cm³/mol. The molecule has 0 radical (unpaired) electrons. The monoisotopic (exact) mass is 486 g/mol. The van der Waals surface area contributed by atoms with Crippen molar-refractivity contribution in [2.24, 2.45) is 0 Å². The standard InChI is InChI=1S/C25H27ClN2O4S/c1-4-32-25(31)21-23(26)33-20(27-21)15-28(12-8-11-18-9-6-5-7-10-18)24(30)19-13-16(2)22(29)17(3)14-19/h5-7,9-10,13-14,29H,4,8,11-12,15H2,1-3H3. The molecule has 0 atom stereocenters. The number of esters is 1. The Hall–Kier alpha value is -2.90. The zero-order chi connectivity index (χ0) is 24.0. The molecule has 0 unspecified atom stereocenters. The molecule has 0 saturated carbocycles. The van der Waals surface area contributed by atoms with Crippen molar-refractivity contribution in [2.75, 3.05) is 13.2 Å². The van der Waals surface area contributed by atoms with E-state index < -0.39 is 5.97 Å². The van der Waals surface area contributed by atoms with Crippen molar-refractivity contribution < 1.29 is 19.4 Å². The Kier molecular flexibility index (Phi) is 8.47. The summed E-state index contributed by atoms with van der Waals surface area (Å²) in [5, 5.41) is 10.6. The minimum atomic E-state index is -0.572. The Morgan fingerprint density at radius 3 is 2.45 bits per heavy atom. The first-order chi connectivity index (χ1) is 15.8. The third-order valence-electron chi connectivity index (χ3n) is 5.19. The van der Waals surface area contributed by atoms with Crippen LogP contribution in [0.2, 0.25) is 4.34 Å². The highest BCUT2D eigenvalue weighted by atomic mass is 35.5. The van der Waals surface area contributed by atoms with Crippen LogP contribution in [0, 0.1) is 13.8 Å². The first-order valence-electron chi connectivity index (χ1n) is 10.8. The molecule has 0 bridgehead atoms. The molecular weight excluding hydrogens is 460 g/mol. The molecule has 0 fully saturated rings. The number of phenolic OH excluding ortho intramolecular Hbond substituents is 1. The second kappa shape index (κ2) is 11.3. The summed E-state index contributed by atoms with van der Waals surface area (Å²) in [5.74, 6) is -0.553. The van der Waals surface area contributed by atoms with E-state index in [0.717, 1.165) is 12.8 Å². The lowest BCUT2D eigenvalue weighted by Gasteiger charge is -2.22. The zero-order valence-corrected chi connectivity index (χ0v) is 20.5. The molecule has 1 heterocycles. The van der Waals surface area contributed by atoms with E-state index in [1.807, 2.05) is 18.2 Å². The number of hydrogen-bond acceptors (Lipinski definition) is 6. The van der Waals surface area contributed by atoms with Gasteiger partial charge in [-0.25, -0.2) is 9.78 Å². The number of nitrogens with zero attached hydrogens (tertiary/aromatic N) is 2. The number of aromatic nitrogens is 1. The van der Waals surface area contributed by atoms with Crippen LogP contribution in [-0.4, -0.2) is 40.0 Å². The molecule has 6 nitrogen and oxygen atoms in total. The average molecular weight is 487 g/mol. The maximum atomic E-state index is 13.4. The van der Waals surface area contributed by atoms with Crippen LogP contribution in [0.5, 0.6) is 5.75 Å². The molecule has 8 heteroatoms. The van der Waals surface area contributed by atoms with E-state index in [0.29, 0.717) is 28.2 Å². The molecule has 0 saturated heterocycles. The highest BCUT2D eigenvalue weighted by molar-refractivity contribution is 7.16. The van der Waals surface area contributed by atoms with Gasteiger partial charge in [0.05, 0.1) is 13.2 Å². The lowest BCUT2D eigenvalue weighted by molar-refractivity contribution is 0.0520. The fourth-order valence-electron chi connectivity index (χ4n) is 3.53. The maximum Gasteiger partial charge on any atom is 0.359 e. The Bertz CT molecular complexity index is 1110. The highest BCUT2D eigenvalue weighted by Crippen LogP contribution is 2.28. The Morgan fingerprint density at radius 2 is 1.82 bits per heavy atom. The molecular formula is C25H27ClN2O4S. The summed E-state index contributed by atoms with van der Waals surface area (Å²) in [6, 6.07) is 13.5. The van der Waals surface area contributed by atoms with E-state index >= 15 is 0 Å². The fraction of sp³-hybridized carbons (Fsp3) is 0.320. The van der Waals surface area contributed by atoms with Crippen molar-refractivity contribution in [2.45, 2.75) is 40.2 Å². The Labute approximate surface area is 202 Å². The molecule has 3 rings (SSSR count). The number of aromatic hydroxyl groups is 1. The third kappa shape index (κ3) is 6.33. The van der Waals surface area contributed by atoms with Crippen LogP contribution in [0.15, 0.2) is 42.5 Å². The number of hydrogen-bond donors (Lipinski definition) is 1. The second-order valence-corrected chi connectivity index (χ2v) is 9.41. The lowest BCUT2D eigenvalue weighted by Crippen LogP contribution is -2.32. The molecule has 2 aromatic carbocycles. The van der Waals surface area contributed by atoms with Gasteiger partial charge in [0.2, 0.25) is 0 Å². The van der Waals surface area contributed by atoms with Crippen molar-refractivity contribution >= 4 is 34.8 Å². The summed E-state index contributed by atoms with van der Waals surface area (Å²) in [5.41, 5.74) is 3.05. The van der Waals surface area contributed by atoms with Crippen molar-refractivity contribution in [1.82, 2.24) is 9.88 Å². The van der Waals surface area contributed by atoms with Gasteiger partial charge in [-0.05, 0) is 62.4 Å². The molecule has 33 heavy (non-hydrogen) atoms. The van der Waals surface area contributed by atoms with Gasteiger partial charge in [-0.3, -0.25) is 4.79 Å². The van der Waals surface area contributed by atoms with E-state index in [2.05, 4.69) is 17.1 Å². The number of aryl methyl sites for hydroxylation is 3. The third-order valence-corrected chi connectivity index (χ3v) is 6.43. The number of halogens is 1. The van der Waals surface area contributed by atoms with Gasteiger partial charge < -0.3 is 14.7 Å². The van der Waals surface area contributed by atoms with Gasteiger partial charge in [0.1, 0.15) is 15.1 Å². The summed E-state index contributed by atoms with van der Waals surface area (Å²) < 4.78 is 5.26. The molecule has 0 aliphatic heterocycles. The van der Waals surface area contributed by atoms with Gasteiger partial charge >= 0.3 is 5.97 Å². The Balaban J connectivity index is 1.83. The molecule has 0 spiro atoms. The summed E-state index contributed by atoms with van der Waals surface area (Å²) in [6.45, 7) is 6.20. The van der Waals surface area contributed by atoms with Crippen molar-refractivity contribution in [3.63, 3.8) is 0 Å². The number of ether oxygens (including phenoxy) is 1. The van der Waals surface area contributed by atoms with Crippen LogP contribution in [-0.2, 0) is 17.7 Å².